The van der Waals surface area contributed by atoms with E-state index in [2.05, 4.69) is 21.7 Å². The van der Waals surface area contributed by atoms with Gasteiger partial charge >= 0.3 is 0 Å². The van der Waals surface area contributed by atoms with Crippen molar-refractivity contribution in [3.8, 4) is 11.3 Å². The van der Waals surface area contributed by atoms with Crippen molar-refractivity contribution in [1.29, 1.82) is 0 Å². The molecular weight excluding hydrogens is 298 g/mol. The third-order valence-corrected chi connectivity index (χ3v) is 5.99. The first kappa shape index (κ1) is 14.4. The first-order chi connectivity index (χ1) is 11.8. The molecule has 24 heavy (non-hydrogen) atoms. The molecule has 0 bridgehead atoms. The van der Waals surface area contributed by atoms with E-state index in [1.165, 1.54) is 43.4 Å². The Balaban J connectivity index is 1.47. The predicted molar refractivity (Wildman–Crippen MR) is 91.8 cm³/mol. The number of fused-ring (bicyclic) bond motifs is 3. The Hall–Kier alpha value is -1.97. The van der Waals surface area contributed by atoms with Gasteiger partial charge < -0.3 is 4.57 Å². The van der Waals surface area contributed by atoms with Crippen LogP contribution in [0.5, 0.6) is 0 Å². The van der Waals surface area contributed by atoms with Crippen LogP contribution in [0.15, 0.2) is 24.7 Å². The fourth-order valence-electron chi connectivity index (χ4n) is 4.44. The van der Waals surface area contributed by atoms with E-state index < -0.39 is 0 Å². The Bertz CT molecular complexity index is 784. The average Bonchev–Trinajstić information content (AvgIpc) is 3.30. The Kier molecular flexibility index (Phi) is 3.32. The number of pyridine rings is 1. The minimum atomic E-state index is 0.0469. The molecule has 1 aliphatic heterocycles. The zero-order chi connectivity index (χ0) is 16.1. The van der Waals surface area contributed by atoms with Crippen molar-refractivity contribution in [2.24, 2.45) is 5.92 Å². The van der Waals surface area contributed by atoms with Gasteiger partial charge in [-0.2, -0.15) is 0 Å². The maximum Gasteiger partial charge on any atom is 0.138 e. The molecule has 2 fully saturated rings. The normalized spacial score (nSPS) is 23.1. The lowest BCUT2D eigenvalue weighted by Gasteiger charge is -2.22. The molecular formula is C20H23N3O. The van der Waals surface area contributed by atoms with Gasteiger partial charge in [-0.1, -0.05) is 19.3 Å². The first-order valence-corrected chi connectivity index (χ1v) is 9.37. The highest BCUT2D eigenvalue weighted by Gasteiger charge is 2.35. The topological polar surface area (TPSA) is 47.8 Å². The highest BCUT2D eigenvalue weighted by Crippen LogP contribution is 2.44. The average molecular weight is 321 g/mol. The first-order valence-electron chi connectivity index (χ1n) is 9.37. The Labute approximate surface area is 142 Å². The lowest BCUT2D eigenvalue weighted by molar-refractivity contribution is -0.124. The molecule has 2 aromatic heterocycles. The standard InChI is InChI=1S/C20H23N3O/c24-19(14-4-2-1-3-5-14)10-17-20-15(18-11-21-12-23(17)18)8-9-16(22-20)13-6-7-13/h8-9,11-14,17H,1-7,10H2. The van der Waals surface area contributed by atoms with Crippen LogP contribution in [0, 0.1) is 5.92 Å². The highest BCUT2D eigenvalue weighted by atomic mass is 16.1. The van der Waals surface area contributed by atoms with Crippen LogP contribution in [0.4, 0.5) is 0 Å². The SMILES string of the molecule is O=C(CC1c2nc(C3CC3)ccc2-c2cncn21)C1CCCCC1. The summed E-state index contributed by atoms with van der Waals surface area (Å²) in [5.74, 6) is 1.33. The lowest BCUT2D eigenvalue weighted by Crippen LogP contribution is -2.22. The number of Topliss-reactive ketones (excluding diaryl/α,β-unsaturated/α-hetero) is 1. The number of ketones is 1. The maximum absolute atomic E-state index is 12.9. The molecule has 4 heteroatoms. The van der Waals surface area contributed by atoms with Gasteiger partial charge in [0.2, 0.25) is 0 Å². The molecule has 5 rings (SSSR count). The van der Waals surface area contributed by atoms with Crippen LogP contribution >= 0.6 is 0 Å². The van der Waals surface area contributed by atoms with Crippen LogP contribution in [0.2, 0.25) is 0 Å². The second kappa shape index (κ2) is 5.54. The minimum Gasteiger partial charge on any atom is -0.321 e. The van der Waals surface area contributed by atoms with Crippen molar-refractivity contribution in [2.75, 3.05) is 0 Å². The van der Waals surface area contributed by atoms with Gasteiger partial charge in [-0.3, -0.25) is 9.78 Å². The van der Waals surface area contributed by atoms with Crippen LogP contribution in [0.1, 0.15) is 74.7 Å². The van der Waals surface area contributed by atoms with Crippen molar-refractivity contribution in [1.82, 2.24) is 14.5 Å². The summed E-state index contributed by atoms with van der Waals surface area (Å²) in [7, 11) is 0. The highest BCUT2D eigenvalue weighted by molar-refractivity contribution is 5.83. The Morgan fingerprint density at radius 3 is 2.75 bits per heavy atom. The molecule has 124 valence electrons. The summed E-state index contributed by atoms with van der Waals surface area (Å²) in [6.07, 6.45) is 12.7. The summed E-state index contributed by atoms with van der Waals surface area (Å²) >= 11 is 0. The molecule has 4 nitrogen and oxygen atoms in total. The third-order valence-electron chi connectivity index (χ3n) is 5.99. The van der Waals surface area contributed by atoms with E-state index in [-0.39, 0.29) is 12.0 Å². The number of hydrogen-bond acceptors (Lipinski definition) is 3. The largest absolute Gasteiger partial charge is 0.321 e. The van der Waals surface area contributed by atoms with Gasteiger partial charge in [0.1, 0.15) is 5.78 Å². The van der Waals surface area contributed by atoms with E-state index in [0.717, 1.165) is 24.2 Å². The van der Waals surface area contributed by atoms with Gasteiger partial charge in [0.05, 0.1) is 30.0 Å². The monoisotopic (exact) mass is 321 g/mol. The fourth-order valence-corrected chi connectivity index (χ4v) is 4.44. The number of hydrogen-bond donors (Lipinski definition) is 0. The van der Waals surface area contributed by atoms with E-state index in [4.69, 9.17) is 4.98 Å². The van der Waals surface area contributed by atoms with Crippen molar-refractivity contribution in [3.05, 3.63) is 36.0 Å². The molecule has 0 spiro atoms. The number of aromatic nitrogens is 3. The van der Waals surface area contributed by atoms with E-state index in [1.54, 1.807) is 0 Å². The molecule has 2 aromatic rings. The van der Waals surface area contributed by atoms with Gasteiger partial charge in [-0.05, 0) is 37.8 Å². The number of rotatable bonds is 4. The number of carbonyl (C=O) groups is 1. The van der Waals surface area contributed by atoms with Crippen molar-refractivity contribution < 1.29 is 4.79 Å². The second-order valence-electron chi connectivity index (χ2n) is 7.65. The lowest BCUT2D eigenvalue weighted by atomic mass is 9.84. The Morgan fingerprint density at radius 1 is 1.12 bits per heavy atom. The van der Waals surface area contributed by atoms with Gasteiger partial charge in [0.25, 0.3) is 0 Å². The molecule has 3 aliphatic rings. The molecule has 0 amide bonds. The van der Waals surface area contributed by atoms with E-state index in [1.807, 2.05) is 12.5 Å². The predicted octanol–water partition coefficient (Wildman–Crippen LogP) is 4.26. The number of imidazole rings is 1. The summed E-state index contributed by atoms with van der Waals surface area (Å²) in [5, 5.41) is 0. The van der Waals surface area contributed by atoms with Gasteiger partial charge in [0, 0.05) is 29.5 Å². The quantitative estimate of drug-likeness (QED) is 0.845. The van der Waals surface area contributed by atoms with E-state index in [0.29, 0.717) is 18.1 Å². The maximum atomic E-state index is 12.9. The Morgan fingerprint density at radius 2 is 1.96 bits per heavy atom. The molecule has 0 N–H and O–H groups in total. The molecule has 0 aromatic carbocycles. The van der Waals surface area contributed by atoms with Gasteiger partial charge in [-0.25, -0.2) is 4.98 Å². The molecule has 0 saturated heterocycles. The van der Waals surface area contributed by atoms with Crippen molar-refractivity contribution in [2.45, 2.75) is 63.3 Å². The molecule has 1 atom stereocenters. The molecule has 0 radical (unpaired) electrons. The smallest absolute Gasteiger partial charge is 0.138 e. The van der Waals surface area contributed by atoms with Gasteiger partial charge in [0.15, 0.2) is 0 Å². The van der Waals surface area contributed by atoms with Crippen LogP contribution in [-0.2, 0) is 4.79 Å². The number of carbonyl (C=O) groups excluding carboxylic acids is 1. The van der Waals surface area contributed by atoms with E-state index in [9.17, 15) is 4.79 Å². The van der Waals surface area contributed by atoms with E-state index >= 15 is 0 Å². The zero-order valence-electron chi connectivity index (χ0n) is 13.9. The fraction of sp³-hybridized carbons (Fsp3) is 0.550. The van der Waals surface area contributed by atoms with Gasteiger partial charge in [-0.15, -0.1) is 0 Å². The molecule has 3 heterocycles. The second-order valence-corrected chi connectivity index (χ2v) is 7.65. The van der Waals surface area contributed by atoms with Crippen LogP contribution in [-0.4, -0.2) is 20.3 Å². The van der Waals surface area contributed by atoms with Crippen LogP contribution < -0.4 is 0 Å². The van der Waals surface area contributed by atoms with Crippen LogP contribution in [0.25, 0.3) is 11.3 Å². The van der Waals surface area contributed by atoms with Crippen LogP contribution in [0.3, 0.4) is 0 Å². The molecule has 2 aliphatic carbocycles. The third kappa shape index (κ3) is 2.31. The summed E-state index contributed by atoms with van der Waals surface area (Å²) in [6.45, 7) is 0. The summed E-state index contributed by atoms with van der Waals surface area (Å²) in [5.41, 5.74) is 4.59. The number of nitrogens with zero attached hydrogens (tertiary/aromatic N) is 3. The van der Waals surface area contributed by atoms with Crippen molar-refractivity contribution >= 4 is 5.78 Å². The summed E-state index contributed by atoms with van der Waals surface area (Å²) in [6, 6.07) is 4.40. The molecule has 1 unspecified atom stereocenters. The summed E-state index contributed by atoms with van der Waals surface area (Å²) in [4.78, 5) is 22.2. The zero-order valence-corrected chi connectivity index (χ0v) is 13.9. The van der Waals surface area contributed by atoms with Crippen molar-refractivity contribution in [3.63, 3.8) is 0 Å². The molecule has 2 saturated carbocycles. The summed E-state index contributed by atoms with van der Waals surface area (Å²) < 4.78 is 2.16. The minimum absolute atomic E-state index is 0.0469.